The predicted octanol–water partition coefficient (Wildman–Crippen LogP) is 1.99. The van der Waals surface area contributed by atoms with Crippen LogP contribution in [0.3, 0.4) is 0 Å². The van der Waals surface area contributed by atoms with Gasteiger partial charge in [0.15, 0.2) is 0 Å². The van der Waals surface area contributed by atoms with Gasteiger partial charge in [-0.05, 0) is 28.8 Å². The summed E-state index contributed by atoms with van der Waals surface area (Å²) in [6.07, 6.45) is 2.67. The van der Waals surface area contributed by atoms with Crippen LogP contribution in [0.25, 0.3) is 0 Å². The van der Waals surface area contributed by atoms with Crippen LogP contribution in [-0.2, 0) is 11.3 Å². The summed E-state index contributed by atoms with van der Waals surface area (Å²) < 4.78 is 7.45. The number of hydrogen-bond donors (Lipinski definition) is 0. The Hall–Kier alpha value is -1.40. The van der Waals surface area contributed by atoms with Crippen LogP contribution in [0.15, 0.2) is 35.5 Å². The van der Waals surface area contributed by atoms with Crippen LogP contribution in [0.5, 0.6) is 0 Å². The van der Waals surface area contributed by atoms with Crippen molar-refractivity contribution in [2.45, 2.75) is 30.6 Å². The van der Waals surface area contributed by atoms with Gasteiger partial charge in [-0.2, -0.15) is 0 Å². The molecule has 0 bridgehead atoms. The molecule has 1 fully saturated rings. The fourth-order valence-corrected chi connectivity index (χ4v) is 3.04. The molecule has 1 atom stereocenters. The highest BCUT2D eigenvalue weighted by Gasteiger charge is 2.17. The maximum Gasteiger partial charge on any atom is 0.209 e. The highest BCUT2D eigenvalue weighted by Crippen LogP contribution is 2.22. The summed E-state index contributed by atoms with van der Waals surface area (Å²) in [5, 5.41) is 12.8. The van der Waals surface area contributed by atoms with Crippen LogP contribution in [0.2, 0.25) is 0 Å². The SMILES string of the molecule is c1ccc(Cn2nnnc2SCC2CCCO2)cc1. The first-order valence-corrected chi connectivity index (χ1v) is 7.45. The van der Waals surface area contributed by atoms with Crippen LogP contribution < -0.4 is 0 Å². The second kappa shape index (κ2) is 6.16. The summed E-state index contributed by atoms with van der Waals surface area (Å²) in [7, 11) is 0. The first-order chi connectivity index (χ1) is 9.42. The lowest BCUT2D eigenvalue weighted by Gasteiger charge is -2.08. The predicted molar refractivity (Wildman–Crippen MR) is 73.1 cm³/mol. The Balaban J connectivity index is 1.61. The third-order valence-electron chi connectivity index (χ3n) is 3.10. The molecule has 0 N–H and O–H groups in total. The molecule has 19 heavy (non-hydrogen) atoms. The molecule has 3 rings (SSSR count). The number of hydrogen-bond acceptors (Lipinski definition) is 5. The molecule has 0 spiro atoms. The van der Waals surface area contributed by atoms with Crippen molar-refractivity contribution in [3.05, 3.63) is 35.9 Å². The van der Waals surface area contributed by atoms with Crippen LogP contribution in [0.1, 0.15) is 18.4 Å². The minimum absolute atomic E-state index is 0.354. The Morgan fingerprint density at radius 1 is 1.32 bits per heavy atom. The molecular formula is C13H16N4OS. The van der Waals surface area contributed by atoms with E-state index in [0.717, 1.165) is 23.9 Å². The van der Waals surface area contributed by atoms with E-state index in [0.29, 0.717) is 12.6 Å². The van der Waals surface area contributed by atoms with E-state index in [4.69, 9.17) is 4.74 Å². The highest BCUT2D eigenvalue weighted by atomic mass is 32.2. The summed E-state index contributed by atoms with van der Waals surface area (Å²) in [6.45, 7) is 1.60. The van der Waals surface area contributed by atoms with E-state index >= 15 is 0 Å². The first kappa shape index (κ1) is 12.6. The van der Waals surface area contributed by atoms with E-state index in [1.807, 2.05) is 22.9 Å². The number of thioether (sulfide) groups is 1. The molecule has 0 amide bonds. The fourth-order valence-electron chi connectivity index (χ4n) is 2.10. The lowest BCUT2D eigenvalue weighted by Crippen LogP contribution is -2.10. The largest absolute Gasteiger partial charge is 0.377 e. The van der Waals surface area contributed by atoms with Crippen LogP contribution in [0, 0.1) is 0 Å². The smallest absolute Gasteiger partial charge is 0.209 e. The Bertz CT molecular complexity index is 510. The van der Waals surface area contributed by atoms with Crippen molar-refractivity contribution in [1.29, 1.82) is 0 Å². The molecule has 2 aromatic rings. The van der Waals surface area contributed by atoms with Crippen molar-refractivity contribution in [3.8, 4) is 0 Å². The zero-order valence-corrected chi connectivity index (χ0v) is 11.4. The molecule has 1 aromatic carbocycles. The van der Waals surface area contributed by atoms with Gasteiger partial charge in [-0.1, -0.05) is 42.1 Å². The molecule has 1 unspecified atom stereocenters. The Morgan fingerprint density at radius 3 is 3.00 bits per heavy atom. The Morgan fingerprint density at radius 2 is 2.21 bits per heavy atom. The molecule has 2 heterocycles. The first-order valence-electron chi connectivity index (χ1n) is 6.46. The van der Waals surface area contributed by atoms with Crippen molar-refractivity contribution in [2.75, 3.05) is 12.4 Å². The van der Waals surface area contributed by atoms with Crippen LogP contribution in [0.4, 0.5) is 0 Å². The summed E-state index contributed by atoms with van der Waals surface area (Å²) in [4.78, 5) is 0. The number of ether oxygens (including phenoxy) is 1. The molecule has 1 aliphatic heterocycles. The molecule has 1 saturated heterocycles. The number of nitrogens with zero attached hydrogens (tertiary/aromatic N) is 4. The number of tetrazole rings is 1. The Labute approximate surface area is 116 Å². The van der Waals surface area contributed by atoms with E-state index in [1.54, 1.807) is 11.8 Å². The molecule has 0 aliphatic carbocycles. The molecule has 100 valence electrons. The van der Waals surface area contributed by atoms with Gasteiger partial charge >= 0.3 is 0 Å². The molecule has 1 aromatic heterocycles. The van der Waals surface area contributed by atoms with Gasteiger partial charge < -0.3 is 4.74 Å². The lowest BCUT2D eigenvalue weighted by atomic mass is 10.2. The lowest BCUT2D eigenvalue weighted by molar-refractivity contribution is 0.129. The van der Waals surface area contributed by atoms with E-state index in [-0.39, 0.29) is 0 Å². The summed E-state index contributed by atoms with van der Waals surface area (Å²) in [6, 6.07) is 10.2. The zero-order valence-electron chi connectivity index (χ0n) is 10.6. The minimum Gasteiger partial charge on any atom is -0.377 e. The average Bonchev–Trinajstić information content (AvgIpc) is 3.09. The minimum atomic E-state index is 0.354. The molecular weight excluding hydrogens is 260 g/mol. The van der Waals surface area contributed by atoms with E-state index in [2.05, 4.69) is 27.7 Å². The fraction of sp³-hybridized carbons (Fsp3) is 0.462. The number of benzene rings is 1. The normalized spacial score (nSPS) is 18.8. The summed E-state index contributed by atoms with van der Waals surface area (Å²) in [5.41, 5.74) is 1.20. The van der Waals surface area contributed by atoms with E-state index < -0.39 is 0 Å². The van der Waals surface area contributed by atoms with Crippen molar-refractivity contribution in [2.24, 2.45) is 0 Å². The molecule has 1 aliphatic rings. The molecule has 5 nitrogen and oxygen atoms in total. The average molecular weight is 276 g/mol. The summed E-state index contributed by atoms with van der Waals surface area (Å²) in [5.74, 6) is 0.926. The molecule has 6 heteroatoms. The molecule has 0 saturated carbocycles. The molecule has 0 radical (unpaired) electrons. The third-order valence-corrected chi connectivity index (χ3v) is 4.19. The second-order valence-electron chi connectivity index (χ2n) is 4.55. The summed E-state index contributed by atoms with van der Waals surface area (Å²) >= 11 is 1.67. The van der Waals surface area contributed by atoms with Crippen molar-refractivity contribution < 1.29 is 4.74 Å². The van der Waals surface area contributed by atoms with Crippen LogP contribution in [-0.4, -0.2) is 38.7 Å². The van der Waals surface area contributed by atoms with Gasteiger partial charge in [-0.3, -0.25) is 0 Å². The van der Waals surface area contributed by atoms with Crippen LogP contribution >= 0.6 is 11.8 Å². The highest BCUT2D eigenvalue weighted by molar-refractivity contribution is 7.99. The van der Waals surface area contributed by atoms with Gasteiger partial charge in [0.25, 0.3) is 0 Å². The monoisotopic (exact) mass is 276 g/mol. The maximum absolute atomic E-state index is 5.61. The van der Waals surface area contributed by atoms with Gasteiger partial charge in [0.05, 0.1) is 12.6 Å². The van der Waals surface area contributed by atoms with E-state index in [1.165, 1.54) is 12.0 Å². The number of rotatable bonds is 5. The maximum atomic E-state index is 5.61. The standard InChI is InChI=1S/C13H16N4OS/c1-2-5-11(6-3-1)9-17-13(14-15-16-17)19-10-12-7-4-8-18-12/h1-3,5-6,12H,4,7-10H2. The van der Waals surface area contributed by atoms with Crippen molar-refractivity contribution >= 4 is 11.8 Å². The van der Waals surface area contributed by atoms with Crippen molar-refractivity contribution in [1.82, 2.24) is 20.2 Å². The second-order valence-corrected chi connectivity index (χ2v) is 5.54. The van der Waals surface area contributed by atoms with E-state index in [9.17, 15) is 0 Å². The quantitative estimate of drug-likeness (QED) is 0.782. The zero-order chi connectivity index (χ0) is 12.9. The van der Waals surface area contributed by atoms with Gasteiger partial charge in [0, 0.05) is 12.4 Å². The topological polar surface area (TPSA) is 52.8 Å². The number of aromatic nitrogens is 4. The van der Waals surface area contributed by atoms with Crippen molar-refractivity contribution in [3.63, 3.8) is 0 Å². The van der Waals surface area contributed by atoms with Gasteiger partial charge in [0.1, 0.15) is 0 Å². The van der Waals surface area contributed by atoms with Gasteiger partial charge in [-0.15, -0.1) is 5.10 Å². The van der Waals surface area contributed by atoms with Gasteiger partial charge in [-0.25, -0.2) is 4.68 Å². The van der Waals surface area contributed by atoms with Gasteiger partial charge in [0.2, 0.25) is 5.16 Å². The third kappa shape index (κ3) is 3.33. The Kier molecular flexibility index (Phi) is 4.10.